The minimum absolute atomic E-state index is 0.198. The molecule has 0 bridgehead atoms. The third kappa shape index (κ3) is 3.19. The first-order chi connectivity index (χ1) is 11.1. The van der Waals surface area contributed by atoms with Crippen molar-refractivity contribution in [2.24, 2.45) is 0 Å². The van der Waals surface area contributed by atoms with E-state index >= 15 is 0 Å². The molecule has 0 unspecified atom stereocenters. The molecule has 0 saturated carbocycles. The van der Waals surface area contributed by atoms with E-state index in [1.807, 2.05) is 26.1 Å². The van der Waals surface area contributed by atoms with Crippen molar-refractivity contribution in [3.8, 4) is 0 Å². The van der Waals surface area contributed by atoms with E-state index < -0.39 is 0 Å². The third-order valence-corrected chi connectivity index (χ3v) is 4.03. The summed E-state index contributed by atoms with van der Waals surface area (Å²) in [6.45, 7) is 6.13. The standard InChI is InChI=1S/C20H21FN2/c1-4-5-6-19(18-8-7-17(21)9-13(18)2)16-11-15-10-14(3)23-20(15)22-12-16/h6-12H,4-5H2,1-3H3,(H,22,23). The molecule has 0 aliphatic carbocycles. The Kier molecular flexibility index (Phi) is 4.28. The van der Waals surface area contributed by atoms with Crippen molar-refractivity contribution in [2.75, 3.05) is 0 Å². The number of hydrogen-bond acceptors (Lipinski definition) is 1. The molecule has 1 N–H and O–H groups in total. The number of H-pyrrole nitrogens is 1. The maximum absolute atomic E-state index is 13.4. The number of pyridine rings is 1. The van der Waals surface area contributed by atoms with Gasteiger partial charge in [-0.1, -0.05) is 25.5 Å². The molecule has 0 amide bonds. The zero-order valence-corrected chi connectivity index (χ0v) is 13.8. The van der Waals surface area contributed by atoms with Crippen LogP contribution in [0.1, 0.15) is 42.1 Å². The number of hydrogen-bond donors (Lipinski definition) is 1. The second-order valence-corrected chi connectivity index (χ2v) is 5.98. The number of fused-ring (bicyclic) bond motifs is 1. The van der Waals surface area contributed by atoms with Gasteiger partial charge in [-0.15, -0.1) is 0 Å². The number of benzene rings is 1. The Bertz CT molecular complexity index is 874. The molecule has 3 heteroatoms. The molecular formula is C20H21FN2. The number of allylic oxidation sites excluding steroid dienone is 1. The van der Waals surface area contributed by atoms with E-state index in [1.54, 1.807) is 6.07 Å². The fourth-order valence-corrected chi connectivity index (χ4v) is 2.90. The van der Waals surface area contributed by atoms with E-state index in [4.69, 9.17) is 0 Å². The summed E-state index contributed by atoms with van der Waals surface area (Å²) >= 11 is 0. The maximum Gasteiger partial charge on any atom is 0.137 e. The summed E-state index contributed by atoms with van der Waals surface area (Å²) in [5, 5.41) is 1.10. The number of rotatable bonds is 4. The van der Waals surface area contributed by atoms with Crippen molar-refractivity contribution in [1.29, 1.82) is 0 Å². The zero-order valence-electron chi connectivity index (χ0n) is 13.8. The summed E-state index contributed by atoms with van der Waals surface area (Å²) in [6.07, 6.45) is 6.17. The van der Waals surface area contributed by atoms with E-state index in [9.17, 15) is 4.39 Å². The average molecular weight is 308 g/mol. The van der Waals surface area contributed by atoms with Crippen LogP contribution in [-0.4, -0.2) is 9.97 Å². The second-order valence-electron chi connectivity index (χ2n) is 5.98. The smallest absolute Gasteiger partial charge is 0.137 e. The third-order valence-electron chi connectivity index (χ3n) is 4.03. The van der Waals surface area contributed by atoms with Crippen LogP contribution in [0.25, 0.3) is 16.6 Å². The van der Waals surface area contributed by atoms with E-state index in [0.717, 1.165) is 51.8 Å². The number of nitrogens with zero attached hydrogens (tertiary/aromatic N) is 1. The van der Waals surface area contributed by atoms with Gasteiger partial charge >= 0.3 is 0 Å². The lowest BCUT2D eigenvalue weighted by Crippen LogP contribution is -1.94. The summed E-state index contributed by atoms with van der Waals surface area (Å²) in [6, 6.07) is 9.21. The van der Waals surface area contributed by atoms with E-state index in [1.165, 1.54) is 6.07 Å². The van der Waals surface area contributed by atoms with Gasteiger partial charge in [0.1, 0.15) is 11.5 Å². The monoisotopic (exact) mass is 308 g/mol. The van der Waals surface area contributed by atoms with Gasteiger partial charge in [-0.3, -0.25) is 0 Å². The van der Waals surface area contributed by atoms with Crippen LogP contribution < -0.4 is 0 Å². The number of aromatic nitrogens is 2. The number of aromatic amines is 1. The quantitative estimate of drug-likeness (QED) is 0.672. The van der Waals surface area contributed by atoms with Gasteiger partial charge in [-0.25, -0.2) is 9.37 Å². The van der Waals surface area contributed by atoms with Crippen molar-refractivity contribution in [1.82, 2.24) is 9.97 Å². The van der Waals surface area contributed by atoms with Gasteiger partial charge < -0.3 is 4.98 Å². The highest BCUT2D eigenvalue weighted by atomic mass is 19.1. The number of halogens is 1. The van der Waals surface area contributed by atoms with Crippen LogP contribution >= 0.6 is 0 Å². The van der Waals surface area contributed by atoms with Gasteiger partial charge in [0, 0.05) is 22.8 Å². The van der Waals surface area contributed by atoms with Gasteiger partial charge in [0.15, 0.2) is 0 Å². The van der Waals surface area contributed by atoms with Gasteiger partial charge in [0.2, 0.25) is 0 Å². The fraction of sp³-hybridized carbons (Fsp3) is 0.250. The maximum atomic E-state index is 13.4. The summed E-state index contributed by atoms with van der Waals surface area (Å²) in [5.41, 5.74) is 6.20. The summed E-state index contributed by atoms with van der Waals surface area (Å²) in [5.74, 6) is -0.198. The predicted molar refractivity (Wildman–Crippen MR) is 94.0 cm³/mol. The van der Waals surface area contributed by atoms with Crippen LogP contribution in [-0.2, 0) is 0 Å². The minimum atomic E-state index is -0.198. The molecule has 2 aromatic heterocycles. The molecule has 3 aromatic rings. The van der Waals surface area contributed by atoms with Gasteiger partial charge in [-0.2, -0.15) is 0 Å². The molecule has 3 rings (SSSR count). The molecule has 2 nitrogen and oxygen atoms in total. The summed E-state index contributed by atoms with van der Waals surface area (Å²) in [7, 11) is 0. The number of unbranched alkanes of at least 4 members (excludes halogenated alkanes) is 1. The van der Waals surface area contributed by atoms with Crippen LogP contribution in [0, 0.1) is 19.7 Å². The Hall–Kier alpha value is -2.42. The second kappa shape index (κ2) is 6.37. The molecule has 0 fully saturated rings. The van der Waals surface area contributed by atoms with Crippen molar-refractivity contribution in [2.45, 2.75) is 33.6 Å². The predicted octanol–water partition coefficient (Wildman–Crippen LogP) is 5.55. The largest absolute Gasteiger partial charge is 0.344 e. The highest BCUT2D eigenvalue weighted by Crippen LogP contribution is 2.29. The lowest BCUT2D eigenvalue weighted by atomic mass is 9.94. The fourth-order valence-electron chi connectivity index (χ4n) is 2.90. The van der Waals surface area contributed by atoms with Crippen LogP contribution in [0.4, 0.5) is 4.39 Å². The van der Waals surface area contributed by atoms with E-state index in [-0.39, 0.29) is 5.82 Å². The lowest BCUT2D eigenvalue weighted by molar-refractivity contribution is 0.626. The minimum Gasteiger partial charge on any atom is -0.344 e. The molecule has 118 valence electrons. The molecule has 0 radical (unpaired) electrons. The first-order valence-electron chi connectivity index (χ1n) is 8.01. The van der Waals surface area contributed by atoms with E-state index in [0.29, 0.717) is 0 Å². The molecule has 1 aromatic carbocycles. The SMILES string of the molecule is CCCC=C(c1cnc2[nH]c(C)cc2c1)c1ccc(F)cc1C. The Balaban J connectivity index is 2.13. The molecule has 0 aliphatic rings. The molecule has 2 heterocycles. The lowest BCUT2D eigenvalue weighted by Gasteiger charge is -2.12. The van der Waals surface area contributed by atoms with Crippen molar-refractivity contribution in [3.05, 3.63) is 70.8 Å². The summed E-state index contributed by atoms with van der Waals surface area (Å²) < 4.78 is 13.4. The van der Waals surface area contributed by atoms with Crippen LogP contribution in [0.15, 0.2) is 42.6 Å². The van der Waals surface area contributed by atoms with Crippen LogP contribution in [0.5, 0.6) is 0 Å². The van der Waals surface area contributed by atoms with Gasteiger partial charge in [-0.05, 0) is 61.2 Å². The first-order valence-corrected chi connectivity index (χ1v) is 8.01. The van der Waals surface area contributed by atoms with E-state index in [2.05, 4.69) is 35.1 Å². The summed E-state index contributed by atoms with van der Waals surface area (Å²) in [4.78, 5) is 7.78. The van der Waals surface area contributed by atoms with Gasteiger partial charge in [0.05, 0.1) is 0 Å². The highest BCUT2D eigenvalue weighted by molar-refractivity contribution is 5.86. The Labute approximate surface area is 136 Å². The van der Waals surface area contributed by atoms with Crippen LogP contribution in [0.3, 0.4) is 0 Å². The first kappa shape index (κ1) is 15.5. The van der Waals surface area contributed by atoms with Gasteiger partial charge in [0.25, 0.3) is 0 Å². The zero-order chi connectivity index (χ0) is 16.4. The van der Waals surface area contributed by atoms with Crippen molar-refractivity contribution in [3.63, 3.8) is 0 Å². The Morgan fingerprint density at radius 3 is 2.78 bits per heavy atom. The molecular weight excluding hydrogens is 287 g/mol. The van der Waals surface area contributed by atoms with Crippen molar-refractivity contribution >= 4 is 16.6 Å². The normalized spacial score (nSPS) is 12.1. The van der Waals surface area contributed by atoms with Crippen LogP contribution in [0.2, 0.25) is 0 Å². The molecule has 23 heavy (non-hydrogen) atoms. The Morgan fingerprint density at radius 2 is 2.04 bits per heavy atom. The number of nitrogens with one attached hydrogen (secondary N) is 1. The molecule has 0 saturated heterocycles. The average Bonchev–Trinajstić information content (AvgIpc) is 2.88. The van der Waals surface area contributed by atoms with Crippen molar-refractivity contribution < 1.29 is 4.39 Å². The Morgan fingerprint density at radius 1 is 1.22 bits per heavy atom. The highest BCUT2D eigenvalue weighted by Gasteiger charge is 2.10. The molecule has 0 spiro atoms. The molecule has 0 atom stereocenters. The topological polar surface area (TPSA) is 28.7 Å². The molecule has 0 aliphatic heterocycles. The number of aryl methyl sites for hydroxylation is 2.